The molecule has 2 aromatic rings. The molecule has 1 aliphatic carbocycles. The van der Waals surface area contributed by atoms with Crippen LogP contribution < -0.4 is 5.32 Å². The van der Waals surface area contributed by atoms with Crippen LogP contribution in [0.15, 0.2) is 24.3 Å². The van der Waals surface area contributed by atoms with E-state index in [1.165, 1.54) is 29.8 Å². The smallest absolute Gasteiger partial charge is 0.254 e. The predicted octanol–water partition coefficient (Wildman–Crippen LogP) is 2.37. The molecule has 1 aliphatic rings. The number of aromatic nitrogens is 2. The summed E-state index contributed by atoms with van der Waals surface area (Å²) in [6, 6.07) is 6.00. The molecular weight excluding hydrogens is 269 g/mol. The minimum absolute atomic E-state index is 0.0716. The molecule has 1 heterocycles. The summed E-state index contributed by atoms with van der Waals surface area (Å²) >= 11 is 0. The van der Waals surface area contributed by atoms with E-state index in [-0.39, 0.29) is 5.56 Å². The van der Waals surface area contributed by atoms with Gasteiger partial charge in [0.1, 0.15) is 5.82 Å². The summed E-state index contributed by atoms with van der Waals surface area (Å²) in [6.07, 6.45) is 4.40. The van der Waals surface area contributed by atoms with E-state index in [4.69, 9.17) is 0 Å². The van der Waals surface area contributed by atoms with Crippen LogP contribution in [0.3, 0.4) is 0 Å². The van der Waals surface area contributed by atoms with E-state index >= 15 is 0 Å². The average molecular weight is 287 g/mol. The van der Waals surface area contributed by atoms with Crippen LogP contribution in [0.2, 0.25) is 0 Å². The Kier molecular flexibility index (Phi) is 3.73. The zero-order valence-corrected chi connectivity index (χ0v) is 12.0. The predicted molar refractivity (Wildman–Crippen MR) is 77.4 cm³/mol. The molecule has 0 radical (unpaired) electrons. The number of nitrogens with zero attached hydrogens (tertiary/aromatic N) is 2. The minimum Gasteiger partial charge on any atom is -0.346 e. The number of benzene rings is 1. The summed E-state index contributed by atoms with van der Waals surface area (Å²) < 4.78 is 15.5. The van der Waals surface area contributed by atoms with E-state index in [2.05, 4.69) is 10.4 Å². The van der Waals surface area contributed by atoms with Crippen molar-refractivity contribution < 1.29 is 9.18 Å². The van der Waals surface area contributed by atoms with E-state index in [1.807, 2.05) is 11.7 Å². The van der Waals surface area contributed by atoms with Gasteiger partial charge in [-0.1, -0.05) is 12.1 Å². The number of carbonyl (C=O) groups excluding carboxylic acids is 1. The Bertz CT molecular complexity index is 678. The summed E-state index contributed by atoms with van der Waals surface area (Å²) in [4.78, 5) is 12.0. The lowest BCUT2D eigenvalue weighted by molar-refractivity contribution is 0.0946. The standard InChI is InChI=1S/C16H18FN3O/c1-20-15-9-5-3-7-12(15)14(19-20)10-18-16(21)11-6-2-4-8-13(11)17/h2,4,6,8H,3,5,7,9-10H2,1H3,(H,18,21). The summed E-state index contributed by atoms with van der Waals surface area (Å²) in [7, 11) is 1.94. The quantitative estimate of drug-likeness (QED) is 0.942. The SMILES string of the molecule is Cn1nc(CNC(=O)c2ccccc2F)c2c1CCCC2. The number of hydrogen-bond donors (Lipinski definition) is 1. The van der Waals surface area contributed by atoms with E-state index in [9.17, 15) is 9.18 Å². The molecule has 0 aliphatic heterocycles. The molecule has 1 amide bonds. The Morgan fingerprint density at radius 2 is 2.10 bits per heavy atom. The lowest BCUT2D eigenvalue weighted by Gasteiger charge is -2.12. The first-order valence-corrected chi connectivity index (χ1v) is 7.23. The molecule has 0 fully saturated rings. The molecule has 0 unspecified atom stereocenters. The van der Waals surface area contributed by atoms with Gasteiger partial charge in [-0.15, -0.1) is 0 Å². The van der Waals surface area contributed by atoms with Gasteiger partial charge in [-0.2, -0.15) is 5.10 Å². The fourth-order valence-corrected chi connectivity index (χ4v) is 2.91. The Labute approximate surface area is 123 Å². The number of nitrogens with one attached hydrogen (secondary N) is 1. The molecule has 110 valence electrons. The first kappa shape index (κ1) is 13.8. The number of fused-ring (bicyclic) bond motifs is 1. The van der Waals surface area contributed by atoms with Gasteiger partial charge in [-0.25, -0.2) is 4.39 Å². The van der Waals surface area contributed by atoms with Gasteiger partial charge < -0.3 is 5.32 Å². The first-order chi connectivity index (χ1) is 10.2. The van der Waals surface area contributed by atoms with Crippen molar-refractivity contribution in [1.29, 1.82) is 0 Å². The van der Waals surface area contributed by atoms with Gasteiger partial charge in [0.15, 0.2) is 0 Å². The lowest BCUT2D eigenvalue weighted by atomic mass is 9.95. The van der Waals surface area contributed by atoms with Crippen LogP contribution in [0.5, 0.6) is 0 Å². The molecular formula is C16H18FN3O. The van der Waals surface area contributed by atoms with Crippen molar-refractivity contribution in [2.24, 2.45) is 7.05 Å². The largest absolute Gasteiger partial charge is 0.346 e. The van der Waals surface area contributed by atoms with Crippen molar-refractivity contribution in [1.82, 2.24) is 15.1 Å². The van der Waals surface area contributed by atoms with Crippen LogP contribution in [0.1, 0.15) is 40.2 Å². The highest BCUT2D eigenvalue weighted by atomic mass is 19.1. The van der Waals surface area contributed by atoms with Crippen LogP contribution in [-0.2, 0) is 26.4 Å². The average Bonchev–Trinajstić information content (AvgIpc) is 2.82. The molecule has 1 aromatic heterocycles. The zero-order chi connectivity index (χ0) is 14.8. The Hall–Kier alpha value is -2.17. The number of rotatable bonds is 3. The third-order valence-corrected chi connectivity index (χ3v) is 3.98. The number of carbonyl (C=O) groups is 1. The number of amides is 1. The second-order valence-corrected chi connectivity index (χ2v) is 5.37. The Balaban J connectivity index is 1.74. The molecule has 0 saturated heterocycles. The summed E-state index contributed by atoms with van der Waals surface area (Å²) in [5, 5.41) is 7.25. The summed E-state index contributed by atoms with van der Waals surface area (Å²) in [5.74, 6) is -0.902. The third-order valence-electron chi connectivity index (χ3n) is 3.98. The first-order valence-electron chi connectivity index (χ1n) is 7.23. The van der Waals surface area contributed by atoms with Crippen LogP contribution in [0.25, 0.3) is 0 Å². The molecule has 3 rings (SSSR count). The fourth-order valence-electron chi connectivity index (χ4n) is 2.91. The van der Waals surface area contributed by atoms with Gasteiger partial charge in [0, 0.05) is 12.7 Å². The Morgan fingerprint density at radius 3 is 2.90 bits per heavy atom. The van der Waals surface area contributed by atoms with Gasteiger partial charge in [-0.05, 0) is 43.4 Å². The second-order valence-electron chi connectivity index (χ2n) is 5.37. The molecule has 0 atom stereocenters. The maximum Gasteiger partial charge on any atom is 0.254 e. The van der Waals surface area contributed by atoms with E-state index in [1.54, 1.807) is 12.1 Å². The molecule has 5 heteroatoms. The molecule has 0 saturated carbocycles. The molecule has 1 aromatic carbocycles. The fraction of sp³-hybridized carbons (Fsp3) is 0.375. The number of hydrogen-bond acceptors (Lipinski definition) is 2. The topological polar surface area (TPSA) is 46.9 Å². The molecule has 0 bridgehead atoms. The minimum atomic E-state index is -0.502. The molecule has 0 spiro atoms. The van der Waals surface area contributed by atoms with Gasteiger partial charge in [0.25, 0.3) is 5.91 Å². The number of aryl methyl sites for hydroxylation is 1. The maximum atomic E-state index is 13.6. The van der Waals surface area contributed by atoms with E-state index in [0.717, 1.165) is 25.0 Å². The highest BCUT2D eigenvalue weighted by Crippen LogP contribution is 2.23. The van der Waals surface area contributed by atoms with Crippen molar-refractivity contribution in [3.63, 3.8) is 0 Å². The van der Waals surface area contributed by atoms with Crippen molar-refractivity contribution >= 4 is 5.91 Å². The highest BCUT2D eigenvalue weighted by molar-refractivity contribution is 5.94. The monoisotopic (exact) mass is 287 g/mol. The maximum absolute atomic E-state index is 13.6. The van der Waals surface area contributed by atoms with Crippen LogP contribution >= 0.6 is 0 Å². The van der Waals surface area contributed by atoms with Crippen LogP contribution in [0, 0.1) is 5.82 Å². The van der Waals surface area contributed by atoms with E-state index in [0.29, 0.717) is 6.54 Å². The summed E-state index contributed by atoms with van der Waals surface area (Å²) in [5.41, 5.74) is 3.48. The molecule has 4 nitrogen and oxygen atoms in total. The van der Waals surface area contributed by atoms with Crippen molar-refractivity contribution in [2.45, 2.75) is 32.2 Å². The van der Waals surface area contributed by atoms with Crippen molar-refractivity contribution in [3.8, 4) is 0 Å². The Morgan fingerprint density at radius 1 is 1.33 bits per heavy atom. The highest BCUT2D eigenvalue weighted by Gasteiger charge is 2.20. The zero-order valence-electron chi connectivity index (χ0n) is 12.0. The number of halogens is 1. The van der Waals surface area contributed by atoms with Gasteiger partial charge >= 0.3 is 0 Å². The molecule has 21 heavy (non-hydrogen) atoms. The van der Waals surface area contributed by atoms with Crippen LogP contribution in [0.4, 0.5) is 4.39 Å². The van der Waals surface area contributed by atoms with Crippen molar-refractivity contribution in [3.05, 3.63) is 52.6 Å². The van der Waals surface area contributed by atoms with E-state index < -0.39 is 11.7 Å². The third kappa shape index (κ3) is 2.68. The van der Waals surface area contributed by atoms with Crippen molar-refractivity contribution in [2.75, 3.05) is 0 Å². The summed E-state index contributed by atoms with van der Waals surface area (Å²) in [6.45, 7) is 0.344. The molecule has 1 N–H and O–H groups in total. The normalized spacial score (nSPS) is 13.8. The van der Waals surface area contributed by atoms with Crippen LogP contribution in [-0.4, -0.2) is 15.7 Å². The lowest BCUT2D eigenvalue weighted by Crippen LogP contribution is -2.24. The van der Waals surface area contributed by atoms with Gasteiger partial charge in [0.05, 0.1) is 17.8 Å². The second kappa shape index (κ2) is 5.68. The van der Waals surface area contributed by atoms with Gasteiger partial charge in [-0.3, -0.25) is 9.48 Å². The van der Waals surface area contributed by atoms with Gasteiger partial charge in [0.2, 0.25) is 0 Å².